The summed E-state index contributed by atoms with van der Waals surface area (Å²) in [6.45, 7) is -2.85. The number of fused-ring (bicyclic) bond motifs is 1. The number of unbranched alkanes of at least 4 members (excludes halogenated alkanes) is 3. The molecular weight excluding hydrogens is 1770 g/mol. The van der Waals surface area contributed by atoms with Crippen molar-refractivity contribution in [1.29, 1.82) is 0 Å². The van der Waals surface area contributed by atoms with Gasteiger partial charge in [-0.15, -0.1) is 21.7 Å². The van der Waals surface area contributed by atoms with Crippen molar-refractivity contribution in [3.8, 4) is 0 Å². The van der Waals surface area contributed by atoms with E-state index in [1.54, 1.807) is 11.8 Å². The third-order valence-corrected chi connectivity index (χ3v) is 22.5. The number of carbonyl (C=O) groups is 5. The number of nitrogens with one attached hydrogen (secondary N) is 4. The van der Waals surface area contributed by atoms with Crippen LogP contribution in [0.4, 0.5) is 4.79 Å². The smallest absolute Gasteiger partial charge is 0.397 e. The highest BCUT2D eigenvalue weighted by Crippen LogP contribution is 2.43. The topological polar surface area (TPSA) is 688 Å². The van der Waals surface area contributed by atoms with Gasteiger partial charge in [0.15, 0.2) is 117 Å². The van der Waals surface area contributed by atoms with Gasteiger partial charge in [-0.05, 0) is 25.7 Å². The van der Waals surface area contributed by atoms with E-state index in [9.17, 15) is 70.6 Å². The number of hydrogen-bond acceptors (Lipinski definition) is 53. The number of rotatable bonds is 56. The molecule has 0 aromatic carbocycles. The number of carboxylic acids is 2. The SMILES string of the molecule is COC1C(OC)[C@H](O[C@H]2O[C@H](COS(=O)(=O)O)[C@@H](O[C@@H]3OC(C(=O)O)[C@H](O[C@@H]4OC(COS(=O)(=O)O)[C@H](OC)[C@H](OC)C4NC(=O)CCCCCNC(=O)CCCCC4SCC5NC(=O)NC54)[C@H](OC)C3OC)C(OSOOO)C2OSOOO)[C@H](C(=O)O)O[C@@H]1O[C@H]1C(COSOOO)O[C@@H](OC)C(OSOOO)[C@H]1OSOOO. The predicted molar refractivity (Wildman–Crippen MR) is 370 cm³/mol. The molecule has 0 radical (unpaired) electrons. The van der Waals surface area contributed by atoms with Gasteiger partial charge in [0, 0.05) is 80.2 Å². The molecule has 0 aromatic rings. The van der Waals surface area contributed by atoms with Crippen LogP contribution in [0, 0.1) is 0 Å². The standard InChI is InChI=1S/C53H88N4O51S8/c1-76-30-23(18-84-115(70,71)72)86-48(29(33(30)77-2)56-27(59)15-9-8-12-16-54-26(58)14-11-10-13-25-28-21(20-109-25)55-53(64)57-28)91-36-34(78-3)42(80-5)51(93-40(36)46(60)61)90-32-24(19-85-116(73,74)75)88-52(45(98-114-108-103-69)39(32)96-112-106-101-67)92-37-35(79-4)43(81-6)50(94-41(37)47(62)63)89-31-22(17-83-110-104-99-65)87-49(82-7)44(97-113-107-102-68)38(31)95-111-105-100-66/h21-25,28-45,48-52,65-69H,8-20H2,1-7H3,(H,54,58)(H,56,59)(H,60,61)(H,62,63)(H2,55,57,64)(H,70,71,72)(H,73,74,75)/t21?,22?,23?,24-,25?,28?,29?,30+,31+,32-,33-,34+,35?,36-,37+,38+,39?,40?,41-,42?,43?,44?,45?,48+,49-,50+,51-,52-/m1/s1. The molecule has 7 heterocycles. The molecule has 7 fully saturated rings. The van der Waals surface area contributed by atoms with Gasteiger partial charge in [0.1, 0.15) is 97.6 Å². The fourth-order valence-corrected chi connectivity index (χ4v) is 17.1. The maximum atomic E-state index is 14.0. The molecule has 13 unspecified atom stereocenters. The van der Waals surface area contributed by atoms with E-state index in [-0.39, 0.29) is 117 Å². The van der Waals surface area contributed by atoms with Gasteiger partial charge in [-0.2, -0.15) is 28.6 Å². The fraction of sp³-hybridized carbons (Fsp3) is 0.906. The molecule has 0 saturated carbocycles. The van der Waals surface area contributed by atoms with Gasteiger partial charge in [-0.3, -0.25) is 39.6 Å². The largest absolute Gasteiger partial charge is 0.479 e. The zero-order chi connectivity index (χ0) is 84.7. The molecule has 55 nitrogen and oxygen atoms in total. The Morgan fingerprint density at radius 3 is 1.36 bits per heavy atom. The Balaban J connectivity index is 1.16. The van der Waals surface area contributed by atoms with Crippen molar-refractivity contribution in [2.75, 3.05) is 81.9 Å². The number of hydrogen-bond donors (Lipinski definition) is 13. The molecule has 7 rings (SSSR count). The van der Waals surface area contributed by atoms with Crippen LogP contribution in [0.3, 0.4) is 0 Å². The molecule has 0 bridgehead atoms. The highest BCUT2D eigenvalue weighted by atomic mass is 32.3. The van der Waals surface area contributed by atoms with Crippen LogP contribution in [0.1, 0.15) is 51.4 Å². The highest BCUT2D eigenvalue weighted by molar-refractivity contribution is 8.00. The summed E-state index contributed by atoms with van der Waals surface area (Å²) in [5.41, 5.74) is 0. The lowest BCUT2D eigenvalue weighted by molar-refractivity contribution is -0.437. The van der Waals surface area contributed by atoms with E-state index < -0.39 is 212 Å². The maximum Gasteiger partial charge on any atom is 0.397 e. The molecule has 13 N–H and O–H groups in total. The number of aliphatic carboxylic acids is 2. The van der Waals surface area contributed by atoms with Crippen LogP contribution < -0.4 is 21.3 Å². The molecule has 0 spiro atoms. The van der Waals surface area contributed by atoms with Crippen molar-refractivity contribution < 1.29 is 238 Å². The molecule has 4 amide bonds. The van der Waals surface area contributed by atoms with Gasteiger partial charge in [0.2, 0.25) is 11.8 Å². The zero-order valence-corrected chi connectivity index (χ0v) is 67.8. The van der Waals surface area contributed by atoms with Gasteiger partial charge < -0.3 is 107 Å². The molecule has 7 aliphatic heterocycles. The van der Waals surface area contributed by atoms with Crippen molar-refractivity contribution in [3.63, 3.8) is 0 Å². The fourth-order valence-electron chi connectivity index (χ4n) is 13.3. The molecule has 674 valence electrons. The average Bonchev–Trinajstić information content (AvgIpc) is 0.910. The van der Waals surface area contributed by atoms with Gasteiger partial charge in [-0.25, -0.2) is 49.0 Å². The Labute approximate surface area is 684 Å². The summed E-state index contributed by atoms with van der Waals surface area (Å²) in [7, 11) is -3.32. The molecule has 63 heteroatoms. The van der Waals surface area contributed by atoms with Crippen LogP contribution in [0.15, 0.2) is 0 Å². The lowest BCUT2D eigenvalue weighted by Gasteiger charge is -2.51. The van der Waals surface area contributed by atoms with E-state index in [1.165, 1.54) is 0 Å². The third-order valence-electron chi connectivity index (χ3n) is 18.1. The normalized spacial score (nSPS) is 34.9. The third kappa shape index (κ3) is 29.6. The molecule has 0 aromatic heterocycles. The summed E-state index contributed by atoms with van der Waals surface area (Å²) in [6, 6.07) is -1.60. The quantitative estimate of drug-likeness (QED) is 0.00873. The van der Waals surface area contributed by atoms with Gasteiger partial charge in [0.25, 0.3) is 0 Å². The molecule has 7 saturated heterocycles. The highest BCUT2D eigenvalue weighted by Gasteiger charge is 2.62. The lowest BCUT2D eigenvalue weighted by Crippen LogP contribution is -2.70. The lowest BCUT2D eigenvalue weighted by atomic mass is 9.94. The van der Waals surface area contributed by atoms with Crippen LogP contribution in [-0.4, -0.2) is 345 Å². The number of carboxylic acid groups (broad SMARTS) is 2. The Hall–Kier alpha value is -2.45. The number of amides is 4. The van der Waals surface area contributed by atoms with Crippen LogP contribution in [0.2, 0.25) is 0 Å². The van der Waals surface area contributed by atoms with Gasteiger partial charge >= 0.3 is 38.8 Å². The summed E-state index contributed by atoms with van der Waals surface area (Å²) < 4.78 is 225. The van der Waals surface area contributed by atoms with Crippen molar-refractivity contribution in [2.45, 2.75) is 222 Å². The minimum absolute atomic E-state index is 0.0361. The minimum atomic E-state index is -5.58. The number of thioether (sulfide) groups is 1. The number of ether oxygens (including phenoxy) is 16. The first kappa shape index (κ1) is 101. The Bertz CT molecular complexity index is 3160. The summed E-state index contributed by atoms with van der Waals surface area (Å²) in [4.78, 5) is 66.0. The van der Waals surface area contributed by atoms with Crippen molar-refractivity contribution in [3.05, 3.63) is 0 Å². The molecule has 116 heavy (non-hydrogen) atoms. The molecule has 7 aliphatic rings. The van der Waals surface area contributed by atoms with Crippen LogP contribution in [-0.2, 0) is 192 Å². The second-order valence-corrected chi connectivity index (χ2v) is 30.4. The first-order valence-electron chi connectivity index (χ1n) is 33.7. The van der Waals surface area contributed by atoms with E-state index in [4.69, 9.17) is 117 Å². The van der Waals surface area contributed by atoms with Crippen LogP contribution in [0.5, 0.6) is 0 Å². The second kappa shape index (κ2) is 51.7. The number of methoxy groups -OCH3 is 7. The van der Waals surface area contributed by atoms with E-state index in [0.29, 0.717) is 19.3 Å². The predicted octanol–water partition coefficient (Wildman–Crippen LogP) is -0.937. The number of urea groups is 1. The Morgan fingerprint density at radius 1 is 0.457 bits per heavy atom. The average molecular weight is 1850 g/mol. The first-order valence-corrected chi connectivity index (χ1v) is 40.8. The van der Waals surface area contributed by atoms with Crippen molar-refractivity contribution in [1.82, 2.24) is 21.3 Å². The first-order chi connectivity index (χ1) is 55.7. The summed E-state index contributed by atoms with van der Waals surface area (Å²) in [5, 5.41) is 97.3. The summed E-state index contributed by atoms with van der Waals surface area (Å²) in [5.74, 6) is -3.85. The van der Waals surface area contributed by atoms with Crippen LogP contribution in [0.25, 0.3) is 0 Å². The monoisotopic (exact) mass is 1850 g/mol. The molecular formula is C53H88N4O51S8. The molecule has 0 aliphatic carbocycles. The molecule has 28 atom stereocenters. The van der Waals surface area contributed by atoms with E-state index in [1.807, 2.05) is 0 Å². The Morgan fingerprint density at radius 2 is 0.879 bits per heavy atom. The van der Waals surface area contributed by atoms with Crippen molar-refractivity contribution in [2.24, 2.45) is 0 Å². The summed E-state index contributed by atoms with van der Waals surface area (Å²) in [6.07, 6.45) is -43.0. The Kier molecular flexibility index (Phi) is 44.9. The second-order valence-electron chi connectivity index (χ2n) is 24.6. The van der Waals surface area contributed by atoms with E-state index in [0.717, 1.165) is 68.4 Å². The van der Waals surface area contributed by atoms with E-state index in [2.05, 4.69) is 72.3 Å². The summed E-state index contributed by atoms with van der Waals surface area (Å²) >= 11 is 1.15. The van der Waals surface area contributed by atoms with E-state index >= 15 is 0 Å². The van der Waals surface area contributed by atoms with Gasteiger partial charge in [0.05, 0.1) is 31.9 Å². The minimum Gasteiger partial charge on any atom is -0.479 e. The van der Waals surface area contributed by atoms with Crippen LogP contribution >= 0.6 is 73.4 Å². The number of carbonyl (C=O) groups excluding carboxylic acids is 3. The zero-order valence-electron chi connectivity index (χ0n) is 61.3. The maximum absolute atomic E-state index is 14.0. The van der Waals surface area contributed by atoms with Gasteiger partial charge in [-0.1, -0.05) is 38.0 Å². The van der Waals surface area contributed by atoms with Crippen molar-refractivity contribution >= 4 is 124 Å².